The minimum atomic E-state index is 0.859. The highest BCUT2D eigenvalue weighted by Gasteiger charge is 2.03. The average Bonchev–Trinajstić information content (AvgIpc) is 2.31. The van der Waals surface area contributed by atoms with E-state index in [1.165, 1.54) is 16.7 Å². The van der Waals surface area contributed by atoms with Crippen molar-refractivity contribution < 1.29 is 4.74 Å². The van der Waals surface area contributed by atoms with Crippen LogP contribution in [0.4, 0.5) is 0 Å². The molecule has 0 saturated carbocycles. The van der Waals surface area contributed by atoms with Crippen molar-refractivity contribution in [1.82, 2.24) is 0 Å². The van der Waals surface area contributed by atoms with Crippen molar-refractivity contribution in [2.24, 2.45) is 0 Å². The molecule has 16 heavy (non-hydrogen) atoms. The molecule has 0 atom stereocenters. The molecule has 2 heteroatoms. The second-order valence-corrected chi connectivity index (χ2v) is 4.57. The van der Waals surface area contributed by atoms with Crippen LogP contribution in [0.2, 0.25) is 0 Å². The largest absolute Gasteiger partial charge is 0.496 e. The van der Waals surface area contributed by atoms with E-state index in [4.69, 9.17) is 4.74 Å². The summed E-state index contributed by atoms with van der Waals surface area (Å²) in [5.41, 5.74) is 3.64. The molecule has 82 valence electrons. The molecule has 0 aromatic heterocycles. The highest BCUT2D eigenvalue weighted by atomic mass is 79.9. The first-order chi connectivity index (χ1) is 7.70. The summed E-state index contributed by atoms with van der Waals surface area (Å²) >= 11 is 3.45. The van der Waals surface area contributed by atoms with Gasteiger partial charge in [-0.05, 0) is 46.1 Å². The molecule has 0 bridgehead atoms. The van der Waals surface area contributed by atoms with Crippen LogP contribution in [0.15, 0.2) is 46.9 Å². The number of hydrogen-bond donors (Lipinski definition) is 0. The Balaban J connectivity index is 2.44. The quantitative estimate of drug-likeness (QED) is 0.788. The van der Waals surface area contributed by atoms with E-state index in [-0.39, 0.29) is 0 Å². The Morgan fingerprint density at radius 2 is 1.56 bits per heavy atom. The number of halogens is 1. The van der Waals surface area contributed by atoms with Crippen LogP contribution in [0.1, 0.15) is 5.56 Å². The van der Waals surface area contributed by atoms with Gasteiger partial charge in [0, 0.05) is 0 Å². The van der Waals surface area contributed by atoms with Gasteiger partial charge >= 0.3 is 0 Å². The molecule has 0 N–H and O–H groups in total. The first-order valence-electron chi connectivity index (χ1n) is 5.11. The predicted molar refractivity (Wildman–Crippen MR) is 70.9 cm³/mol. The third-order valence-electron chi connectivity index (χ3n) is 2.54. The van der Waals surface area contributed by atoms with Crippen LogP contribution in [-0.2, 0) is 0 Å². The lowest BCUT2D eigenvalue weighted by Crippen LogP contribution is -1.86. The third kappa shape index (κ3) is 2.27. The van der Waals surface area contributed by atoms with Crippen molar-refractivity contribution in [3.8, 4) is 16.9 Å². The fourth-order valence-electron chi connectivity index (χ4n) is 1.59. The van der Waals surface area contributed by atoms with E-state index in [1.807, 2.05) is 12.1 Å². The Hall–Kier alpha value is -1.28. The molecule has 0 aliphatic rings. The van der Waals surface area contributed by atoms with Gasteiger partial charge in [0.25, 0.3) is 0 Å². The fourth-order valence-corrected chi connectivity index (χ4v) is 1.99. The molecule has 0 fully saturated rings. The summed E-state index contributed by atoms with van der Waals surface area (Å²) in [6, 6.07) is 14.6. The number of aryl methyl sites for hydroxylation is 1. The van der Waals surface area contributed by atoms with E-state index < -0.39 is 0 Å². The molecule has 1 nitrogen and oxygen atoms in total. The molecule has 0 heterocycles. The van der Waals surface area contributed by atoms with Crippen molar-refractivity contribution >= 4 is 15.9 Å². The number of methoxy groups -OCH3 is 1. The average molecular weight is 277 g/mol. The zero-order valence-corrected chi connectivity index (χ0v) is 10.9. The van der Waals surface area contributed by atoms with Gasteiger partial charge < -0.3 is 4.74 Å². The van der Waals surface area contributed by atoms with Crippen molar-refractivity contribution in [3.05, 3.63) is 52.5 Å². The first kappa shape index (κ1) is 11.2. The lowest BCUT2D eigenvalue weighted by Gasteiger charge is -2.07. The monoisotopic (exact) mass is 276 g/mol. The summed E-state index contributed by atoms with van der Waals surface area (Å²) in [5, 5.41) is 0. The first-order valence-corrected chi connectivity index (χ1v) is 5.90. The maximum Gasteiger partial charge on any atom is 0.133 e. The van der Waals surface area contributed by atoms with Crippen LogP contribution in [0, 0.1) is 6.92 Å². The third-order valence-corrected chi connectivity index (χ3v) is 3.19. The molecular formula is C14H13BrO. The topological polar surface area (TPSA) is 9.23 Å². The van der Waals surface area contributed by atoms with Crippen molar-refractivity contribution in [2.45, 2.75) is 6.92 Å². The maximum absolute atomic E-state index is 5.28. The number of rotatable bonds is 2. The molecule has 0 spiro atoms. The molecule has 0 amide bonds. The van der Waals surface area contributed by atoms with E-state index in [2.05, 4.69) is 53.2 Å². The number of benzene rings is 2. The Kier molecular flexibility index (Phi) is 3.30. The predicted octanol–water partition coefficient (Wildman–Crippen LogP) is 4.43. The fraction of sp³-hybridized carbons (Fsp3) is 0.143. The summed E-state index contributed by atoms with van der Waals surface area (Å²) in [5.74, 6) is 0.859. The van der Waals surface area contributed by atoms with Gasteiger partial charge in [0.05, 0.1) is 11.6 Å². The summed E-state index contributed by atoms with van der Waals surface area (Å²) in [7, 11) is 1.68. The van der Waals surface area contributed by atoms with Gasteiger partial charge in [0.2, 0.25) is 0 Å². The number of ether oxygens (including phenoxy) is 1. The summed E-state index contributed by atoms with van der Waals surface area (Å²) in [6.45, 7) is 2.09. The summed E-state index contributed by atoms with van der Waals surface area (Å²) in [4.78, 5) is 0. The van der Waals surface area contributed by atoms with E-state index in [0.29, 0.717) is 0 Å². The van der Waals surface area contributed by atoms with Gasteiger partial charge in [0.1, 0.15) is 5.75 Å². The van der Waals surface area contributed by atoms with Crippen LogP contribution in [0.25, 0.3) is 11.1 Å². The zero-order valence-electron chi connectivity index (χ0n) is 9.33. The molecule has 2 rings (SSSR count). The van der Waals surface area contributed by atoms with Crippen LogP contribution in [-0.4, -0.2) is 7.11 Å². The van der Waals surface area contributed by atoms with Crippen molar-refractivity contribution in [3.63, 3.8) is 0 Å². The molecular weight excluding hydrogens is 264 g/mol. The Morgan fingerprint density at radius 3 is 2.19 bits per heavy atom. The van der Waals surface area contributed by atoms with Crippen LogP contribution < -0.4 is 4.74 Å². The lowest BCUT2D eigenvalue weighted by molar-refractivity contribution is 0.412. The SMILES string of the molecule is COc1cc(-c2ccc(C)cc2)ccc1Br. The highest BCUT2D eigenvalue weighted by molar-refractivity contribution is 9.10. The second-order valence-electron chi connectivity index (χ2n) is 3.72. The molecule has 2 aromatic carbocycles. The second kappa shape index (κ2) is 4.71. The molecule has 0 unspecified atom stereocenters. The van der Waals surface area contributed by atoms with Gasteiger partial charge in [-0.1, -0.05) is 35.9 Å². The van der Waals surface area contributed by atoms with Crippen molar-refractivity contribution in [1.29, 1.82) is 0 Å². The van der Waals surface area contributed by atoms with Crippen LogP contribution in [0.3, 0.4) is 0 Å². The van der Waals surface area contributed by atoms with E-state index in [0.717, 1.165) is 10.2 Å². The molecule has 0 saturated heterocycles. The van der Waals surface area contributed by atoms with Crippen LogP contribution in [0.5, 0.6) is 5.75 Å². The minimum Gasteiger partial charge on any atom is -0.496 e. The highest BCUT2D eigenvalue weighted by Crippen LogP contribution is 2.30. The Morgan fingerprint density at radius 1 is 0.938 bits per heavy atom. The van der Waals surface area contributed by atoms with Crippen molar-refractivity contribution in [2.75, 3.05) is 7.11 Å². The summed E-state index contributed by atoms with van der Waals surface area (Å²) in [6.07, 6.45) is 0. The minimum absolute atomic E-state index is 0.859. The maximum atomic E-state index is 5.28. The van der Waals surface area contributed by atoms with Crippen LogP contribution >= 0.6 is 15.9 Å². The zero-order chi connectivity index (χ0) is 11.5. The smallest absolute Gasteiger partial charge is 0.133 e. The standard InChI is InChI=1S/C14H13BrO/c1-10-3-5-11(6-4-10)12-7-8-13(15)14(9-12)16-2/h3-9H,1-2H3. The van der Waals surface area contributed by atoms with Gasteiger partial charge in [-0.15, -0.1) is 0 Å². The Bertz CT molecular complexity index is 489. The normalized spacial score (nSPS) is 10.2. The molecule has 0 aliphatic carbocycles. The molecule has 0 aliphatic heterocycles. The van der Waals surface area contributed by atoms with Gasteiger partial charge in [-0.2, -0.15) is 0 Å². The van der Waals surface area contributed by atoms with Gasteiger partial charge in [-0.3, -0.25) is 0 Å². The van der Waals surface area contributed by atoms with E-state index in [9.17, 15) is 0 Å². The number of hydrogen-bond acceptors (Lipinski definition) is 1. The van der Waals surface area contributed by atoms with E-state index in [1.54, 1.807) is 7.11 Å². The van der Waals surface area contributed by atoms with Gasteiger partial charge in [-0.25, -0.2) is 0 Å². The van der Waals surface area contributed by atoms with Gasteiger partial charge in [0.15, 0.2) is 0 Å². The lowest BCUT2D eigenvalue weighted by atomic mass is 10.0. The Labute approximate surface area is 104 Å². The van der Waals surface area contributed by atoms with E-state index >= 15 is 0 Å². The molecule has 0 radical (unpaired) electrons. The summed E-state index contributed by atoms with van der Waals surface area (Å²) < 4.78 is 6.26. The molecule has 2 aromatic rings.